The molecule has 2 heterocycles. The fourth-order valence-electron chi connectivity index (χ4n) is 3.02. The van der Waals surface area contributed by atoms with Gasteiger partial charge >= 0.3 is 0 Å². The Balaban J connectivity index is 1.56. The van der Waals surface area contributed by atoms with Crippen LogP contribution in [0.2, 0.25) is 0 Å². The molecule has 1 unspecified atom stereocenters. The van der Waals surface area contributed by atoms with E-state index >= 15 is 0 Å². The van der Waals surface area contributed by atoms with E-state index in [9.17, 15) is 14.4 Å². The first kappa shape index (κ1) is 19.7. The average molecular weight is 383 g/mol. The third kappa shape index (κ3) is 4.42. The minimum atomic E-state index is -0.159. The number of nitrogens with zero attached hydrogens (tertiary/aromatic N) is 2. The van der Waals surface area contributed by atoms with Crippen molar-refractivity contribution in [1.29, 1.82) is 0 Å². The van der Waals surface area contributed by atoms with Gasteiger partial charge in [-0.2, -0.15) is 0 Å². The number of benzene rings is 1. The number of rotatable bonds is 5. The minimum absolute atomic E-state index is 0.0982. The smallest absolute Gasteiger partial charge is 0.289 e. The van der Waals surface area contributed by atoms with Gasteiger partial charge in [0.05, 0.1) is 6.26 Å². The van der Waals surface area contributed by atoms with Crippen LogP contribution in [0.25, 0.3) is 0 Å². The molecule has 3 amide bonds. The molecule has 0 saturated carbocycles. The van der Waals surface area contributed by atoms with Crippen LogP contribution in [-0.4, -0.2) is 59.7 Å². The fourth-order valence-corrected chi connectivity index (χ4v) is 3.02. The molecule has 0 spiro atoms. The quantitative estimate of drug-likeness (QED) is 0.860. The molecule has 1 saturated heterocycles. The van der Waals surface area contributed by atoms with Crippen LogP contribution in [-0.2, 0) is 0 Å². The molecule has 1 fully saturated rings. The number of amides is 3. The van der Waals surface area contributed by atoms with Gasteiger partial charge in [0, 0.05) is 43.3 Å². The Bertz CT molecular complexity index is 822. The Morgan fingerprint density at radius 1 is 0.964 bits per heavy atom. The molecule has 1 N–H and O–H groups in total. The second-order valence-corrected chi connectivity index (χ2v) is 6.92. The Morgan fingerprint density at radius 3 is 2.07 bits per heavy atom. The van der Waals surface area contributed by atoms with Crippen molar-refractivity contribution in [2.45, 2.75) is 26.3 Å². The standard InChI is InChI=1S/C21H25N3O4/c1-3-15(2)22-19(25)16-6-8-17(9-7-16)20(26)23-10-12-24(13-11-23)21(27)18-5-4-14-28-18/h4-9,14-15H,3,10-13H2,1-2H3,(H,22,25). The molecule has 1 aromatic carbocycles. The highest BCUT2D eigenvalue weighted by Crippen LogP contribution is 2.13. The highest BCUT2D eigenvalue weighted by molar-refractivity contribution is 5.98. The number of hydrogen-bond donors (Lipinski definition) is 1. The summed E-state index contributed by atoms with van der Waals surface area (Å²) in [5, 5.41) is 2.91. The summed E-state index contributed by atoms with van der Waals surface area (Å²) in [7, 11) is 0. The van der Waals surface area contributed by atoms with Gasteiger partial charge in [0.1, 0.15) is 0 Å². The molecule has 1 atom stereocenters. The van der Waals surface area contributed by atoms with Crippen LogP contribution in [0.4, 0.5) is 0 Å². The van der Waals surface area contributed by atoms with E-state index in [2.05, 4.69) is 5.32 Å². The lowest BCUT2D eigenvalue weighted by Crippen LogP contribution is -2.50. The molecule has 1 aliphatic heterocycles. The molecule has 3 rings (SSSR count). The molecule has 1 aliphatic rings. The van der Waals surface area contributed by atoms with Gasteiger partial charge in [0.2, 0.25) is 0 Å². The monoisotopic (exact) mass is 383 g/mol. The van der Waals surface area contributed by atoms with Gasteiger partial charge in [-0.3, -0.25) is 14.4 Å². The Labute approximate surface area is 164 Å². The molecular weight excluding hydrogens is 358 g/mol. The second-order valence-electron chi connectivity index (χ2n) is 6.92. The average Bonchev–Trinajstić information content (AvgIpc) is 3.27. The summed E-state index contributed by atoms with van der Waals surface area (Å²) < 4.78 is 5.15. The third-order valence-electron chi connectivity index (χ3n) is 4.97. The van der Waals surface area contributed by atoms with Crippen molar-refractivity contribution < 1.29 is 18.8 Å². The minimum Gasteiger partial charge on any atom is -0.459 e. The van der Waals surface area contributed by atoms with Crippen LogP contribution >= 0.6 is 0 Å². The van der Waals surface area contributed by atoms with Crippen LogP contribution in [0.15, 0.2) is 47.1 Å². The van der Waals surface area contributed by atoms with Gasteiger partial charge in [-0.05, 0) is 49.7 Å². The van der Waals surface area contributed by atoms with Crippen molar-refractivity contribution in [3.05, 3.63) is 59.5 Å². The molecule has 7 heteroatoms. The normalized spacial score (nSPS) is 15.2. The van der Waals surface area contributed by atoms with Crippen LogP contribution < -0.4 is 5.32 Å². The number of carbonyl (C=O) groups is 3. The molecule has 148 valence electrons. The zero-order valence-corrected chi connectivity index (χ0v) is 16.2. The van der Waals surface area contributed by atoms with E-state index in [4.69, 9.17) is 4.42 Å². The summed E-state index contributed by atoms with van der Waals surface area (Å²) in [6.45, 7) is 5.80. The first-order valence-electron chi connectivity index (χ1n) is 9.52. The summed E-state index contributed by atoms with van der Waals surface area (Å²) >= 11 is 0. The largest absolute Gasteiger partial charge is 0.459 e. The SMILES string of the molecule is CCC(C)NC(=O)c1ccc(C(=O)N2CCN(C(=O)c3ccco3)CC2)cc1. The predicted octanol–water partition coefficient (Wildman–Crippen LogP) is 2.41. The van der Waals surface area contributed by atoms with E-state index in [1.807, 2.05) is 13.8 Å². The molecule has 2 aromatic rings. The van der Waals surface area contributed by atoms with E-state index < -0.39 is 0 Å². The summed E-state index contributed by atoms with van der Waals surface area (Å²) in [6, 6.07) is 10.1. The lowest BCUT2D eigenvalue weighted by molar-refractivity contribution is 0.0518. The zero-order chi connectivity index (χ0) is 20.1. The van der Waals surface area contributed by atoms with Gasteiger partial charge in [-0.1, -0.05) is 6.92 Å². The highest BCUT2D eigenvalue weighted by Gasteiger charge is 2.26. The Hall–Kier alpha value is -3.09. The summed E-state index contributed by atoms with van der Waals surface area (Å²) in [4.78, 5) is 40.6. The third-order valence-corrected chi connectivity index (χ3v) is 4.97. The molecule has 28 heavy (non-hydrogen) atoms. The van der Waals surface area contributed by atoms with Crippen molar-refractivity contribution in [3.63, 3.8) is 0 Å². The summed E-state index contributed by atoms with van der Waals surface area (Å²) in [6.07, 6.45) is 2.33. The maximum absolute atomic E-state index is 12.7. The lowest BCUT2D eigenvalue weighted by atomic mass is 10.1. The Kier molecular flexibility index (Phi) is 6.13. The summed E-state index contributed by atoms with van der Waals surface area (Å²) in [5.41, 5.74) is 1.07. The first-order chi connectivity index (χ1) is 13.5. The van der Waals surface area contributed by atoms with E-state index in [-0.39, 0.29) is 23.8 Å². The first-order valence-corrected chi connectivity index (χ1v) is 9.52. The van der Waals surface area contributed by atoms with E-state index in [1.54, 1.807) is 46.2 Å². The van der Waals surface area contributed by atoms with Crippen molar-refractivity contribution >= 4 is 17.7 Å². The van der Waals surface area contributed by atoms with Gasteiger partial charge < -0.3 is 19.5 Å². The molecule has 0 radical (unpaired) electrons. The van der Waals surface area contributed by atoms with Crippen LogP contribution in [0.5, 0.6) is 0 Å². The van der Waals surface area contributed by atoms with Crippen LogP contribution in [0, 0.1) is 0 Å². The topological polar surface area (TPSA) is 82.9 Å². The molecule has 0 bridgehead atoms. The number of nitrogens with one attached hydrogen (secondary N) is 1. The van der Waals surface area contributed by atoms with Gasteiger partial charge in [0.25, 0.3) is 17.7 Å². The lowest BCUT2D eigenvalue weighted by Gasteiger charge is -2.34. The van der Waals surface area contributed by atoms with Crippen molar-refractivity contribution in [2.24, 2.45) is 0 Å². The molecule has 0 aliphatic carbocycles. The van der Waals surface area contributed by atoms with Crippen molar-refractivity contribution in [1.82, 2.24) is 15.1 Å². The van der Waals surface area contributed by atoms with Gasteiger partial charge in [-0.15, -0.1) is 0 Å². The zero-order valence-electron chi connectivity index (χ0n) is 16.2. The number of carbonyl (C=O) groups excluding carboxylic acids is 3. The molecule has 7 nitrogen and oxygen atoms in total. The number of hydrogen-bond acceptors (Lipinski definition) is 4. The Morgan fingerprint density at radius 2 is 1.54 bits per heavy atom. The highest BCUT2D eigenvalue weighted by atomic mass is 16.3. The van der Waals surface area contributed by atoms with Crippen molar-refractivity contribution in [2.75, 3.05) is 26.2 Å². The van der Waals surface area contributed by atoms with E-state index in [0.29, 0.717) is 43.1 Å². The number of piperazine rings is 1. The van der Waals surface area contributed by atoms with Crippen molar-refractivity contribution in [3.8, 4) is 0 Å². The van der Waals surface area contributed by atoms with Gasteiger partial charge in [-0.25, -0.2) is 0 Å². The van der Waals surface area contributed by atoms with Crippen LogP contribution in [0.1, 0.15) is 51.5 Å². The fraction of sp³-hybridized carbons (Fsp3) is 0.381. The maximum Gasteiger partial charge on any atom is 0.289 e. The molecule has 1 aromatic heterocycles. The van der Waals surface area contributed by atoms with Crippen LogP contribution in [0.3, 0.4) is 0 Å². The molecular formula is C21H25N3O4. The van der Waals surface area contributed by atoms with E-state index in [1.165, 1.54) is 6.26 Å². The van der Waals surface area contributed by atoms with Gasteiger partial charge in [0.15, 0.2) is 5.76 Å². The maximum atomic E-state index is 12.7. The number of furan rings is 1. The second kappa shape index (κ2) is 8.73. The predicted molar refractivity (Wildman–Crippen MR) is 104 cm³/mol. The van der Waals surface area contributed by atoms with E-state index in [0.717, 1.165) is 6.42 Å². The summed E-state index contributed by atoms with van der Waals surface area (Å²) in [5.74, 6) is -0.0859.